The van der Waals surface area contributed by atoms with Crippen molar-refractivity contribution < 1.29 is 23.8 Å². The normalized spacial score (nSPS) is 11.9. The van der Waals surface area contributed by atoms with Gasteiger partial charge in [-0.1, -0.05) is 13.3 Å². The molecule has 0 aliphatic rings. The summed E-state index contributed by atoms with van der Waals surface area (Å²) in [6.07, 6.45) is 1.69. The van der Waals surface area contributed by atoms with E-state index in [0.29, 0.717) is 26.2 Å². The second kappa shape index (κ2) is 11.0. The van der Waals surface area contributed by atoms with Gasteiger partial charge in [0, 0.05) is 13.0 Å². The number of rotatable bonds is 10. The molecule has 0 radical (unpaired) electrons. The molecule has 0 fully saturated rings. The summed E-state index contributed by atoms with van der Waals surface area (Å²) >= 11 is 0. The van der Waals surface area contributed by atoms with Crippen LogP contribution < -0.4 is 0 Å². The van der Waals surface area contributed by atoms with Crippen molar-refractivity contribution in [3.8, 4) is 0 Å². The fraction of sp³-hybridized carbons (Fsp3) is 0.846. The van der Waals surface area contributed by atoms with Crippen molar-refractivity contribution in [3.63, 3.8) is 0 Å². The molecule has 0 aromatic carbocycles. The topological polar surface area (TPSA) is 61.8 Å². The van der Waals surface area contributed by atoms with Crippen molar-refractivity contribution in [2.75, 3.05) is 19.8 Å². The first-order valence-electron chi connectivity index (χ1n) is 6.59. The van der Waals surface area contributed by atoms with E-state index >= 15 is 0 Å². The van der Waals surface area contributed by atoms with Gasteiger partial charge in [-0.25, -0.2) is 4.79 Å². The van der Waals surface area contributed by atoms with Gasteiger partial charge in [0.1, 0.15) is 0 Å². The minimum atomic E-state index is -0.666. The second-order valence-electron chi connectivity index (χ2n) is 3.81. The Labute approximate surface area is 109 Å². The first kappa shape index (κ1) is 16.9. The minimum absolute atomic E-state index is 0.170. The lowest BCUT2D eigenvalue weighted by molar-refractivity contribution is -0.158. The number of carbonyl (C=O) groups is 2. The first-order chi connectivity index (χ1) is 8.65. The third-order valence-corrected chi connectivity index (χ3v) is 2.28. The molecule has 1 unspecified atom stereocenters. The molecule has 106 valence electrons. The van der Waals surface area contributed by atoms with Gasteiger partial charge in [-0.2, -0.15) is 0 Å². The molecule has 0 saturated carbocycles. The third kappa shape index (κ3) is 8.06. The maximum Gasteiger partial charge on any atom is 0.335 e. The number of hydrogen-bond donors (Lipinski definition) is 0. The van der Waals surface area contributed by atoms with Gasteiger partial charge >= 0.3 is 11.9 Å². The summed E-state index contributed by atoms with van der Waals surface area (Å²) in [7, 11) is 0. The Morgan fingerprint density at radius 2 is 1.72 bits per heavy atom. The molecule has 0 aromatic rings. The third-order valence-electron chi connectivity index (χ3n) is 2.28. The van der Waals surface area contributed by atoms with Crippen LogP contribution in [0.15, 0.2) is 0 Å². The first-order valence-corrected chi connectivity index (χ1v) is 6.59. The Morgan fingerprint density at radius 3 is 2.28 bits per heavy atom. The molecule has 0 heterocycles. The largest absolute Gasteiger partial charge is 0.466 e. The molecule has 0 N–H and O–H groups in total. The number of carbonyl (C=O) groups excluding carboxylic acids is 2. The zero-order chi connectivity index (χ0) is 13.8. The van der Waals surface area contributed by atoms with E-state index in [1.807, 2.05) is 6.92 Å². The van der Waals surface area contributed by atoms with Gasteiger partial charge in [0.2, 0.25) is 0 Å². The van der Waals surface area contributed by atoms with E-state index in [-0.39, 0.29) is 12.4 Å². The van der Waals surface area contributed by atoms with E-state index in [1.54, 1.807) is 13.8 Å². The molecule has 1 atom stereocenters. The zero-order valence-corrected chi connectivity index (χ0v) is 11.6. The summed E-state index contributed by atoms with van der Waals surface area (Å²) in [5.41, 5.74) is 0. The predicted molar refractivity (Wildman–Crippen MR) is 67.1 cm³/mol. The van der Waals surface area contributed by atoms with Crippen LogP contribution in [0.5, 0.6) is 0 Å². The van der Waals surface area contributed by atoms with Crippen LogP contribution in [0.4, 0.5) is 0 Å². The molecule has 0 spiro atoms. The number of ether oxygens (including phenoxy) is 3. The SMILES string of the molecule is CCCCOC(CCC(=O)OCC)C(=O)OCC. The maximum absolute atomic E-state index is 11.6. The molecule has 0 aliphatic carbocycles. The van der Waals surface area contributed by atoms with Gasteiger partial charge in [0.25, 0.3) is 0 Å². The lowest BCUT2D eigenvalue weighted by Gasteiger charge is -2.15. The van der Waals surface area contributed by atoms with Crippen LogP contribution in [0.3, 0.4) is 0 Å². The summed E-state index contributed by atoms with van der Waals surface area (Å²) in [5.74, 6) is -0.719. The molecule has 0 aliphatic heterocycles. The molecule has 0 bridgehead atoms. The highest BCUT2D eigenvalue weighted by atomic mass is 16.6. The second-order valence-corrected chi connectivity index (χ2v) is 3.81. The Kier molecular flexibility index (Phi) is 10.3. The molecule has 0 amide bonds. The van der Waals surface area contributed by atoms with Crippen molar-refractivity contribution in [2.45, 2.75) is 52.6 Å². The van der Waals surface area contributed by atoms with Gasteiger partial charge in [-0.15, -0.1) is 0 Å². The van der Waals surface area contributed by atoms with Crippen LogP contribution in [0.2, 0.25) is 0 Å². The van der Waals surface area contributed by atoms with Gasteiger partial charge < -0.3 is 14.2 Å². The lowest BCUT2D eigenvalue weighted by atomic mass is 10.2. The Hall–Kier alpha value is -1.10. The summed E-state index contributed by atoms with van der Waals surface area (Å²) in [6.45, 7) is 6.69. The highest BCUT2D eigenvalue weighted by molar-refractivity contribution is 5.76. The van der Waals surface area contributed by atoms with Crippen LogP contribution in [-0.4, -0.2) is 37.9 Å². The Morgan fingerprint density at radius 1 is 1.06 bits per heavy atom. The van der Waals surface area contributed by atoms with Gasteiger partial charge in [0.05, 0.1) is 13.2 Å². The van der Waals surface area contributed by atoms with Gasteiger partial charge in [0.15, 0.2) is 6.10 Å². The summed E-state index contributed by atoms with van der Waals surface area (Å²) in [4.78, 5) is 22.8. The highest BCUT2D eigenvalue weighted by Crippen LogP contribution is 2.07. The lowest BCUT2D eigenvalue weighted by Crippen LogP contribution is -2.28. The molecule has 18 heavy (non-hydrogen) atoms. The van der Waals surface area contributed by atoms with Crippen molar-refractivity contribution in [1.82, 2.24) is 0 Å². The number of unbranched alkanes of at least 4 members (excludes halogenated alkanes) is 1. The maximum atomic E-state index is 11.6. The smallest absolute Gasteiger partial charge is 0.335 e. The highest BCUT2D eigenvalue weighted by Gasteiger charge is 2.21. The fourth-order valence-electron chi connectivity index (χ4n) is 1.36. The molecule has 5 nitrogen and oxygen atoms in total. The standard InChI is InChI=1S/C13H24O5/c1-4-7-10-18-11(13(15)17-6-3)8-9-12(14)16-5-2/h11H,4-10H2,1-3H3. The van der Waals surface area contributed by atoms with E-state index in [1.165, 1.54) is 0 Å². The summed E-state index contributed by atoms with van der Waals surface area (Å²) in [5, 5.41) is 0. The molecule has 0 aromatic heterocycles. The van der Waals surface area contributed by atoms with Crippen LogP contribution >= 0.6 is 0 Å². The van der Waals surface area contributed by atoms with Crippen molar-refractivity contribution in [3.05, 3.63) is 0 Å². The molecule has 5 heteroatoms. The monoisotopic (exact) mass is 260 g/mol. The van der Waals surface area contributed by atoms with Gasteiger partial charge in [-0.3, -0.25) is 4.79 Å². The Bertz CT molecular complexity index is 240. The van der Waals surface area contributed by atoms with Crippen molar-refractivity contribution in [2.24, 2.45) is 0 Å². The molecular formula is C13H24O5. The molecule has 0 rings (SSSR count). The average molecular weight is 260 g/mol. The number of esters is 2. The van der Waals surface area contributed by atoms with Gasteiger partial charge in [-0.05, 0) is 26.7 Å². The van der Waals surface area contributed by atoms with Crippen LogP contribution in [0.1, 0.15) is 46.5 Å². The minimum Gasteiger partial charge on any atom is -0.466 e. The van der Waals surface area contributed by atoms with Crippen LogP contribution in [0, 0.1) is 0 Å². The van der Waals surface area contributed by atoms with E-state index in [4.69, 9.17) is 14.2 Å². The average Bonchev–Trinajstić information content (AvgIpc) is 2.34. The van der Waals surface area contributed by atoms with Crippen LogP contribution in [0.25, 0.3) is 0 Å². The Balaban J connectivity index is 4.10. The van der Waals surface area contributed by atoms with E-state index in [0.717, 1.165) is 12.8 Å². The number of hydrogen-bond acceptors (Lipinski definition) is 5. The predicted octanol–water partition coefficient (Wildman–Crippen LogP) is 2.08. The quantitative estimate of drug-likeness (QED) is 0.444. The van der Waals surface area contributed by atoms with E-state index in [2.05, 4.69) is 0 Å². The van der Waals surface area contributed by atoms with Crippen molar-refractivity contribution in [1.29, 1.82) is 0 Å². The summed E-state index contributed by atoms with van der Waals surface area (Å²) in [6, 6.07) is 0. The van der Waals surface area contributed by atoms with E-state index in [9.17, 15) is 9.59 Å². The molecule has 0 saturated heterocycles. The van der Waals surface area contributed by atoms with E-state index < -0.39 is 12.1 Å². The summed E-state index contributed by atoms with van der Waals surface area (Å²) < 4.78 is 15.2. The zero-order valence-electron chi connectivity index (χ0n) is 11.6. The fourth-order valence-corrected chi connectivity index (χ4v) is 1.36. The molecular weight excluding hydrogens is 236 g/mol. The van der Waals surface area contributed by atoms with Crippen molar-refractivity contribution >= 4 is 11.9 Å². The van der Waals surface area contributed by atoms with Crippen LogP contribution in [-0.2, 0) is 23.8 Å².